The number of carbonyl (C=O) groups excluding carboxylic acids is 3. The number of alkyl carbamates (subject to hydrolysis) is 1. The smallest absolute Gasteiger partial charge is 0.430 e. The Morgan fingerprint density at radius 2 is 1.38 bits per heavy atom. The molecule has 236 valence electrons. The number of aliphatic imine (C=N–C) groups is 1. The van der Waals surface area contributed by atoms with Gasteiger partial charge in [-0.3, -0.25) is 9.59 Å². The first-order chi connectivity index (χ1) is 21.5. The molecule has 3 aromatic carbocycles. The molecule has 0 saturated carbocycles. The van der Waals surface area contributed by atoms with Gasteiger partial charge in [-0.15, -0.1) is 12.3 Å². The van der Waals surface area contributed by atoms with Crippen molar-refractivity contribution >= 4 is 48.5 Å². The summed E-state index contributed by atoms with van der Waals surface area (Å²) in [7, 11) is -4.41. The van der Waals surface area contributed by atoms with Crippen molar-refractivity contribution in [2.24, 2.45) is 16.5 Å². The van der Waals surface area contributed by atoms with Crippen LogP contribution < -0.4 is 36.5 Å². The second-order valence-electron chi connectivity index (χ2n) is 9.64. The number of hydrogen-bond acceptors (Lipinski definition) is 8. The first-order valence-electron chi connectivity index (χ1n) is 13.8. The number of terminal acetylenes is 1. The second-order valence-corrected chi connectivity index (χ2v) is 11.7. The van der Waals surface area contributed by atoms with Crippen molar-refractivity contribution in [2.75, 3.05) is 17.2 Å². The fourth-order valence-electron chi connectivity index (χ4n) is 3.86. The third-order valence-corrected chi connectivity index (χ3v) is 7.71. The Bertz CT molecular complexity index is 1520. The molecule has 1 unspecified atom stereocenters. The van der Waals surface area contributed by atoms with E-state index in [1.807, 2.05) is 0 Å². The van der Waals surface area contributed by atoms with E-state index < -0.39 is 19.5 Å². The highest BCUT2D eigenvalue weighted by atomic mass is 31.2. The molecule has 0 radical (unpaired) electrons. The summed E-state index contributed by atoms with van der Waals surface area (Å²) in [5, 5.41) is 7.88. The van der Waals surface area contributed by atoms with Crippen LogP contribution >= 0.6 is 7.60 Å². The van der Waals surface area contributed by atoms with Gasteiger partial charge < -0.3 is 41.2 Å². The van der Waals surface area contributed by atoms with Crippen LogP contribution in [0, 0.1) is 12.3 Å². The molecule has 0 heterocycles. The SMILES string of the molecule is C#CCCCNC(=O)OC(Cc1ccc(N=C(N)N)cc1)P(=O)(Oc1ccc(NC(C)=O)cc1)Oc1ccc(NC(C)=O)cc1. The van der Waals surface area contributed by atoms with E-state index in [2.05, 4.69) is 26.9 Å². The number of anilines is 2. The monoisotopic (exact) mass is 634 g/mol. The number of hydrogen-bond donors (Lipinski definition) is 5. The molecule has 7 N–H and O–H groups in total. The number of ether oxygens (including phenoxy) is 1. The van der Waals surface area contributed by atoms with Gasteiger partial charge in [0.15, 0.2) is 5.96 Å². The number of guanidine groups is 1. The fraction of sp³-hybridized carbons (Fsp3) is 0.226. The van der Waals surface area contributed by atoms with Gasteiger partial charge in [-0.2, -0.15) is 0 Å². The summed E-state index contributed by atoms with van der Waals surface area (Å²) in [4.78, 5) is 39.8. The van der Waals surface area contributed by atoms with Crippen LogP contribution in [-0.4, -0.2) is 36.3 Å². The number of nitrogens with one attached hydrogen (secondary N) is 3. The molecule has 0 aromatic heterocycles. The zero-order valence-electron chi connectivity index (χ0n) is 24.8. The summed E-state index contributed by atoms with van der Waals surface area (Å²) < 4.78 is 32.4. The molecule has 3 rings (SSSR count). The van der Waals surface area contributed by atoms with Crippen molar-refractivity contribution < 1.29 is 32.7 Å². The van der Waals surface area contributed by atoms with Gasteiger partial charge in [-0.1, -0.05) is 12.1 Å². The highest BCUT2D eigenvalue weighted by Gasteiger charge is 2.43. The quantitative estimate of drug-likeness (QED) is 0.0540. The standard InChI is InChI=1S/C31H35N6O7P/c1-4-5-6-19-34-31(40)42-29(20-23-7-9-26(10-8-23)37-30(32)33)45(41,43-27-15-11-24(12-16-27)35-21(2)38)44-28-17-13-25(14-18-28)36-22(3)39/h1,7-18,29H,5-6,19-20H2,2-3H3,(H,34,40)(H,35,38)(H,36,39)(H4,32,33,37). The molecular formula is C31H35N6O7P. The predicted octanol–water partition coefficient (Wildman–Crippen LogP) is 4.87. The second kappa shape index (κ2) is 16.4. The molecule has 0 saturated heterocycles. The maximum Gasteiger partial charge on any atom is 0.471 e. The minimum absolute atomic E-state index is 0.0922. The summed E-state index contributed by atoms with van der Waals surface area (Å²) in [5.74, 6) is 0.614. The Balaban J connectivity index is 2.00. The number of benzene rings is 3. The van der Waals surface area contributed by atoms with Crippen LogP contribution in [0.5, 0.6) is 11.5 Å². The lowest BCUT2D eigenvalue weighted by Gasteiger charge is -2.27. The van der Waals surface area contributed by atoms with Crippen molar-refractivity contribution in [1.29, 1.82) is 0 Å². The van der Waals surface area contributed by atoms with E-state index >= 15 is 0 Å². The molecule has 45 heavy (non-hydrogen) atoms. The van der Waals surface area contributed by atoms with E-state index in [9.17, 15) is 18.9 Å². The molecule has 0 bridgehead atoms. The number of nitrogens with zero attached hydrogens (tertiary/aromatic N) is 1. The van der Waals surface area contributed by atoms with Gasteiger partial charge in [0.1, 0.15) is 11.5 Å². The van der Waals surface area contributed by atoms with Crippen LogP contribution in [0.1, 0.15) is 32.3 Å². The Morgan fingerprint density at radius 3 is 1.82 bits per heavy atom. The molecule has 0 aliphatic rings. The minimum Gasteiger partial charge on any atom is -0.430 e. The third kappa shape index (κ3) is 11.6. The Kier molecular flexibility index (Phi) is 12.4. The molecule has 14 heteroatoms. The Hall–Kier alpha value is -5.47. The Morgan fingerprint density at radius 1 is 0.867 bits per heavy atom. The van der Waals surface area contributed by atoms with Gasteiger partial charge in [0.2, 0.25) is 17.7 Å². The van der Waals surface area contributed by atoms with E-state index in [1.165, 1.54) is 38.1 Å². The summed E-state index contributed by atoms with van der Waals surface area (Å²) in [6, 6.07) is 18.8. The molecule has 3 aromatic rings. The average Bonchev–Trinajstić information content (AvgIpc) is 2.97. The van der Waals surface area contributed by atoms with Crippen LogP contribution in [0.25, 0.3) is 0 Å². The van der Waals surface area contributed by atoms with E-state index in [-0.39, 0.29) is 42.2 Å². The predicted molar refractivity (Wildman–Crippen MR) is 172 cm³/mol. The highest BCUT2D eigenvalue weighted by Crippen LogP contribution is 2.54. The number of nitrogens with two attached hydrogens (primary N) is 2. The minimum atomic E-state index is -4.41. The van der Waals surface area contributed by atoms with Crippen LogP contribution in [-0.2, 0) is 25.3 Å². The summed E-state index contributed by atoms with van der Waals surface area (Å²) in [6.45, 7) is 2.96. The van der Waals surface area contributed by atoms with Gasteiger partial charge in [0, 0.05) is 44.6 Å². The van der Waals surface area contributed by atoms with E-state index in [0.717, 1.165) is 0 Å². The molecule has 13 nitrogen and oxygen atoms in total. The average molecular weight is 635 g/mol. The van der Waals surface area contributed by atoms with Crippen molar-refractivity contribution in [3.63, 3.8) is 0 Å². The van der Waals surface area contributed by atoms with Gasteiger partial charge in [-0.05, 0) is 72.6 Å². The van der Waals surface area contributed by atoms with Crippen LogP contribution in [0.3, 0.4) is 0 Å². The molecule has 0 fully saturated rings. The van der Waals surface area contributed by atoms with Crippen molar-refractivity contribution in [3.8, 4) is 23.8 Å². The fourth-order valence-corrected chi connectivity index (χ4v) is 5.62. The zero-order valence-corrected chi connectivity index (χ0v) is 25.7. The summed E-state index contributed by atoms with van der Waals surface area (Å²) in [5.41, 5.74) is 13.0. The first kappa shape index (κ1) is 34.0. The lowest BCUT2D eigenvalue weighted by Crippen LogP contribution is -2.32. The van der Waals surface area contributed by atoms with Gasteiger partial charge in [-0.25, -0.2) is 14.4 Å². The van der Waals surface area contributed by atoms with Crippen molar-refractivity contribution in [1.82, 2.24) is 5.32 Å². The lowest BCUT2D eigenvalue weighted by atomic mass is 10.1. The highest BCUT2D eigenvalue weighted by molar-refractivity contribution is 7.55. The Labute approximate surface area is 261 Å². The molecular weight excluding hydrogens is 599 g/mol. The van der Waals surface area contributed by atoms with E-state index in [4.69, 9.17) is 31.7 Å². The topological polar surface area (TPSA) is 196 Å². The van der Waals surface area contributed by atoms with Gasteiger partial charge in [0.25, 0.3) is 0 Å². The third-order valence-electron chi connectivity index (χ3n) is 5.78. The number of amides is 3. The van der Waals surface area contributed by atoms with Crippen LogP contribution in [0.4, 0.5) is 21.9 Å². The maximum atomic E-state index is 14.7. The molecule has 0 aliphatic heterocycles. The number of unbranched alkanes of at least 4 members (excludes halogenated alkanes) is 1. The van der Waals surface area contributed by atoms with Crippen LogP contribution in [0.2, 0.25) is 0 Å². The normalized spacial score (nSPS) is 11.2. The zero-order chi connectivity index (χ0) is 32.8. The van der Waals surface area contributed by atoms with Crippen molar-refractivity contribution in [3.05, 3.63) is 78.4 Å². The largest absolute Gasteiger partial charge is 0.471 e. The van der Waals surface area contributed by atoms with Crippen LogP contribution in [0.15, 0.2) is 77.8 Å². The molecule has 3 amide bonds. The molecule has 0 spiro atoms. The van der Waals surface area contributed by atoms with Crippen molar-refractivity contribution in [2.45, 2.75) is 39.0 Å². The number of rotatable bonds is 14. The molecule has 0 aliphatic carbocycles. The lowest BCUT2D eigenvalue weighted by molar-refractivity contribution is -0.115. The van der Waals surface area contributed by atoms with E-state index in [0.29, 0.717) is 35.5 Å². The maximum absolute atomic E-state index is 14.7. The first-order valence-corrected chi connectivity index (χ1v) is 15.4. The van der Waals surface area contributed by atoms with Gasteiger partial charge >= 0.3 is 13.7 Å². The number of carbonyl (C=O) groups is 3. The van der Waals surface area contributed by atoms with Gasteiger partial charge in [0.05, 0.1) is 5.69 Å². The summed E-state index contributed by atoms with van der Waals surface area (Å²) in [6.07, 6.45) is 5.29. The molecule has 1 atom stereocenters. The van der Waals surface area contributed by atoms with E-state index in [1.54, 1.807) is 48.5 Å². The summed E-state index contributed by atoms with van der Waals surface area (Å²) >= 11 is 0.